The summed E-state index contributed by atoms with van der Waals surface area (Å²) in [7, 11) is 0. The van der Waals surface area contributed by atoms with Crippen molar-refractivity contribution < 1.29 is 9.21 Å². The predicted octanol–water partition coefficient (Wildman–Crippen LogP) is 2.74. The lowest BCUT2D eigenvalue weighted by Gasteiger charge is -2.15. The fourth-order valence-electron chi connectivity index (χ4n) is 3.09. The summed E-state index contributed by atoms with van der Waals surface area (Å²) in [5.41, 5.74) is 4.91. The highest BCUT2D eigenvalue weighted by Crippen LogP contribution is 2.33. The number of aromatic amines is 1. The molecule has 0 fully saturated rings. The molecule has 5 nitrogen and oxygen atoms in total. The Kier molecular flexibility index (Phi) is 3.46. The number of carbonyl (C=O) groups excluding carboxylic acids is 1. The second-order valence-electron chi connectivity index (χ2n) is 5.67. The second kappa shape index (κ2) is 5.76. The maximum Gasteiger partial charge on any atom is 0.269 e. The van der Waals surface area contributed by atoms with Gasteiger partial charge in [-0.15, -0.1) is 0 Å². The number of benzene rings is 1. The number of nitrogens with one attached hydrogen (secondary N) is 2. The highest BCUT2D eigenvalue weighted by molar-refractivity contribution is 5.96. The molecular weight excluding hydrogens is 290 g/mol. The molecule has 2 N–H and O–H groups in total. The summed E-state index contributed by atoms with van der Waals surface area (Å²) in [5.74, 6) is 0.760. The Bertz CT molecular complexity index is 834. The molecule has 2 heterocycles. The molecule has 4 rings (SSSR count). The third-order valence-corrected chi connectivity index (χ3v) is 4.25. The topological polar surface area (TPSA) is 70.9 Å². The number of rotatable bonds is 4. The number of amides is 1. The number of nitrogens with zero attached hydrogens (tertiary/aromatic N) is 1. The molecule has 0 saturated heterocycles. The van der Waals surface area contributed by atoms with Crippen LogP contribution in [0.1, 0.15) is 27.4 Å². The average Bonchev–Trinajstić information content (AvgIpc) is 3.24. The first-order valence-corrected chi connectivity index (χ1v) is 7.79. The Morgan fingerprint density at radius 1 is 1.22 bits per heavy atom. The summed E-state index contributed by atoms with van der Waals surface area (Å²) >= 11 is 0. The SMILES string of the molecule is O=C(NCCc1ccco1)c1[nH]nc2c1CCc1ccccc1-2. The summed E-state index contributed by atoms with van der Waals surface area (Å²) in [6, 6.07) is 12.0. The van der Waals surface area contributed by atoms with Gasteiger partial charge in [0.25, 0.3) is 5.91 Å². The van der Waals surface area contributed by atoms with Gasteiger partial charge in [-0.2, -0.15) is 5.10 Å². The largest absolute Gasteiger partial charge is 0.469 e. The molecule has 0 aliphatic heterocycles. The number of furan rings is 1. The van der Waals surface area contributed by atoms with Crippen LogP contribution in [0, 0.1) is 0 Å². The summed E-state index contributed by atoms with van der Waals surface area (Å²) in [6.07, 6.45) is 4.09. The number of aryl methyl sites for hydroxylation is 1. The van der Waals surface area contributed by atoms with Crippen molar-refractivity contribution in [3.8, 4) is 11.3 Å². The van der Waals surface area contributed by atoms with Gasteiger partial charge < -0.3 is 9.73 Å². The monoisotopic (exact) mass is 307 g/mol. The van der Waals surface area contributed by atoms with Gasteiger partial charge in [-0.1, -0.05) is 24.3 Å². The zero-order chi connectivity index (χ0) is 15.6. The number of H-pyrrole nitrogens is 1. The number of hydrogen-bond donors (Lipinski definition) is 2. The highest BCUT2D eigenvalue weighted by Gasteiger charge is 2.24. The van der Waals surface area contributed by atoms with E-state index in [1.807, 2.05) is 24.3 Å². The van der Waals surface area contributed by atoms with E-state index < -0.39 is 0 Å². The molecular formula is C18H17N3O2. The molecule has 0 spiro atoms. The van der Waals surface area contributed by atoms with Crippen LogP contribution in [-0.4, -0.2) is 22.6 Å². The van der Waals surface area contributed by atoms with Crippen LogP contribution in [0.25, 0.3) is 11.3 Å². The highest BCUT2D eigenvalue weighted by atomic mass is 16.3. The molecule has 1 amide bonds. The zero-order valence-electron chi connectivity index (χ0n) is 12.6. The minimum absolute atomic E-state index is 0.107. The molecule has 1 aromatic carbocycles. The Morgan fingerprint density at radius 2 is 2.13 bits per heavy atom. The first-order chi connectivity index (χ1) is 11.3. The van der Waals surface area contributed by atoms with Gasteiger partial charge in [0.15, 0.2) is 0 Å². The second-order valence-corrected chi connectivity index (χ2v) is 5.67. The van der Waals surface area contributed by atoms with Gasteiger partial charge in [-0.3, -0.25) is 9.89 Å². The molecule has 3 aromatic rings. The van der Waals surface area contributed by atoms with E-state index in [4.69, 9.17) is 4.42 Å². The van der Waals surface area contributed by atoms with E-state index in [0.717, 1.165) is 35.4 Å². The van der Waals surface area contributed by atoms with Crippen molar-refractivity contribution in [1.82, 2.24) is 15.5 Å². The van der Waals surface area contributed by atoms with Crippen LogP contribution >= 0.6 is 0 Å². The third kappa shape index (κ3) is 2.54. The normalized spacial score (nSPS) is 12.5. The molecule has 0 saturated carbocycles. The Hall–Kier alpha value is -2.82. The number of carbonyl (C=O) groups is 1. The van der Waals surface area contributed by atoms with Crippen molar-refractivity contribution in [2.24, 2.45) is 0 Å². The first-order valence-electron chi connectivity index (χ1n) is 7.79. The van der Waals surface area contributed by atoms with Gasteiger partial charge in [0.2, 0.25) is 0 Å². The molecule has 5 heteroatoms. The van der Waals surface area contributed by atoms with Gasteiger partial charge in [0.1, 0.15) is 11.5 Å². The van der Waals surface area contributed by atoms with Crippen LogP contribution < -0.4 is 5.32 Å². The first kappa shape index (κ1) is 13.8. The summed E-state index contributed by atoms with van der Waals surface area (Å²) in [5, 5.41) is 10.2. The molecule has 116 valence electrons. The van der Waals surface area contributed by atoms with Gasteiger partial charge in [-0.25, -0.2) is 0 Å². The maximum absolute atomic E-state index is 12.4. The lowest BCUT2D eigenvalue weighted by molar-refractivity contribution is 0.0947. The van der Waals surface area contributed by atoms with E-state index in [2.05, 4.69) is 27.6 Å². The average molecular weight is 307 g/mol. The fourth-order valence-corrected chi connectivity index (χ4v) is 3.09. The molecule has 0 unspecified atom stereocenters. The number of aromatic nitrogens is 2. The van der Waals surface area contributed by atoms with Crippen molar-refractivity contribution in [3.05, 3.63) is 65.2 Å². The van der Waals surface area contributed by atoms with E-state index in [0.29, 0.717) is 18.7 Å². The van der Waals surface area contributed by atoms with Gasteiger partial charge in [0, 0.05) is 24.1 Å². The fraction of sp³-hybridized carbons (Fsp3) is 0.222. The predicted molar refractivity (Wildman–Crippen MR) is 86.2 cm³/mol. The minimum Gasteiger partial charge on any atom is -0.469 e. The summed E-state index contributed by atoms with van der Waals surface area (Å²) < 4.78 is 5.26. The van der Waals surface area contributed by atoms with Crippen LogP contribution in [0.5, 0.6) is 0 Å². The lowest BCUT2D eigenvalue weighted by Crippen LogP contribution is -2.27. The molecule has 0 radical (unpaired) electrons. The quantitative estimate of drug-likeness (QED) is 0.778. The Labute approximate surface area is 133 Å². The van der Waals surface area contributed by atoms with Crippen LogP contribution in [0.15, 0.2) is 47.1 Å². The van der Waals surface area contributed by atoms with E-state index in [1.54, 1.807) is 6.26 Å². The third-order valence-electron chi connectivity index (χ3n) is 4.25. The van der Waals surface area contributed by atoms with Crippen molar-refractivity contribution in [2.45, 2.75) is 19.3 Å². The zero-order valence-corrected chi connectivity index (χ0v) is 12.6. The van der Waals surface area contributed by atoms with Crippen LogP contribution in [0.4, 0.5) is 0 Å². The summed E-state index contributed by atoms with van der Waals surface area (Å²) in [6.45, 7) is 0.538. The van der Waals surface area contributed by atoms with E-state index in [9.17, 15) is 4.79 Å². The van der Waals surface area contributed by atoms with E-state index in [-0.39, 0.29) is 5.91 Å². The molecule has 0 bridgehead atoms. The molecule has 1 aliphatic rings. The van der Waals surface area contributed by atoms with E-state index >= 15 is 0 Å². The van der Waals surface area contributed by atoms with Gasteiger partial charge in [0.05, 0.1) is 12.0 Å². The Morgan fingerprint density at radius 3 is 3.00 bits per heavy atom. The number of hydrogen-bond acceptors (Lipinski definition) is 3. The van der Waals surface area contributed by atoms with Crippen LogP contribution in [0.3, 0.4) is 0 Å². The van der Waals surface area contributed by atoms with Crippen molar-refractivity contribution in [1.29, 1.82) is 0 Å². The molecule has 2 aromatic heterocycles. The minimum atomic E-state index is -0.107. The molecule has 0 atom stereocenters. The maximum atomic E-state index is 12.4. The van der Waals surface area contributed by atoms with Crippen LogP contribution in [-0.2, 0) is 19.3 Å². The van der Waals surface area contributed by atoms with Crippen molar-refractivity contribution in [2.75, 3.05) is 6.54 Å². The smallest absolute Gasteiger partial charge is 0.269 e. The number of fused-ring (bicyclic) bond motifs is 3. The van der Waals surface area contributed by atoms with Gasteiger partial charge >= 0.3 is 0 Å². The van der Waals surface area contributed by atoms with Crippen molar-refractivity contribution >= 4 is 5.91 Å². The Balaban J connectivity index is 1.50. The molecule has 23 heavy (non-hydrogen) atoms. The lowest BCUT2D eigenvalue weighted by atomic mass is 9.89. The standard InChI is InChI=1S/C18H17N3O2/c22-18(19-10-9-13-5-3-11-23-13)17-15-8-7-12-4-1-2-6-14(12)16(15)20-21-17/h1-6,11H,7-10H2,(H,19,22)(H,20,21). The van der Waals surface area contributed by atoms with E-state index in [1.165, 1.54) is 5.56 Å². The van der Waals surface area contributed by atoms with Gasteiger partial charge in [-0.05, 0) is 30.5 Å². The molecule has 1 aliphatic carbocycles. The van der Waals surface area contributed by atoms with Crippen molar-refractivity contribution in [3.63, 3.8) is 0 Å². The summed E-state index contributed by atoms with van der Waals surface area (Å²) in [4.78, 5) is 12.4. The van der Waals surface area contributed by atoms with Crippen LogP contribution in [0.2, 0.25) is 0 Å².